The van der Waals surface area contributed by atoms with Crippen molar-refractivity contribution in [3.63, 3.8) is 0 Å². The van der Waals surface area contributed by atoms with E-state index in [1.54, 1.807) is 0 Å². The van der Waals surface area contributed by atoms with Crippen molar-refractivity contribution in [2.24, 2.45) is 22.7 Å². The summed E-state index contributed by atoms with van der Waals surface area (Å²) in [6.07, 6.45) is 16.3. The number of ketones is 1. The predicted octanol–water partition coefficient (Wildman–Crippen LogP) is 7.33. The van der Waals surface area contributed by atoms with Gasteiger partial charge in [0.1, 0.15) is 5.78 Å². The second-order valence-corrected chi connectivity index (χ2v) is 12.1. The lowest BCUT2D eigenvalue weighted by Crippen LogP contribution is -2.59. The van der Waals surface area contributed by atoms with Crippen LogP contribution >= 0.6 is 0 Å². The summed E-state index contributed by atoms with van der Waals surface area (Å²) in [4.78, 5) is 12.6. The van der Waals surface area contributed by atoms with Crippen molar-refractivity contribution in [3.05, 3.63) is 34.9 Å². The standard InChI is InChI=1S/C30H50O3/c1-22(13-9-15-24(3)21-31)11-8-12-23(2)14-10-16-26-29(6)19-18-27(32)28(4,5)25(29)17-20-30(26,7)33/h11,14-15,25-26,31,33H,8-10,12-13,16-21H2,1-7H3/b22-11+,23-14+,24-15+/t25-,26?,29-,30+/m0/s1. The molecule has 2 aliphatic rings. The molecule has 0 saturated heterocycles. The summed E-state index contributed by atoms with van der Waals surface area (Å²) < 4.78 is 0. The quantitative estimate of drug-likeness (QED) is 0.337. The molecule has 2 saturated carbocycles. The van der Waals surface area contributed by atoms with Crippen molar-refractivity contribution in [1.82, 2.24) is 0 Å². The molecule has 2 rings (SSSR count). The molecule has 0 spiro atoms. The van der Waals surface area contributed by atoms with Gasteiger partial charge in [0, 0.05) is 11.8 Å². The van der Waals surface area contributed by atoms with Gasteiger partial charge in [-0.05, 0) is 103 Å². The number of aliphatic hydroxyl groups is 2. The predicted molar refractivity (Wildman–Crippen MR) is 139 cm³/mol. The van der Waals surface area contributed by atoms with E-state index in [4.69, 9.17) is 5.11 Å². The molecule has 0 aromatic rings. The molecule has 0 bridgehead atoms. The molecule has 0 aromatic heterocycles. The number of fused-ring (bicyclic) bond motifs is 1. The highest BCUT2D eigenvalue weighted by Gasteiger charge is 2.59. The molecule has 188 valence electrons. The maximum atomic E-state index is 12.6. The van der Waals surface area contributed by atoms with E-state index in [0.29, 0.717) is 18.1 Å². The lowest BCUT2D eigenvalue weighted by atomic mass is 9.45. The van der Waals surface area contributed by atoms with Crippen molar-refractivity contribution in [2.45, 2.75) is 118 Å². The molecule has 0 amide bonds. The molecule has 2 aliphatic carbocycles. The fourth-order valence-corrected chi connectivity index (χ4v) is 6.82. The average Bonchev–Trinajstić information content (AvgIpc) is 2.72. The second kappa shape index (κ2) is 11.5. The number of allylic oxidation sites excluding steroid dienone is 5. The minimum Gasteiger partial charge on any atom is -0.392 e. The van der Waals surface area contributed by atoms with Gasteiger partial charge in [-0.1, -0.05) is 55.7 Å². The van der Waals surface area contributed by atoms with Gasteiger partial charge in [-0.25, -0.2) is 0 Å². The first-order chi connectivity index (χ1) is 15.3. The Morgan fingerprint density at radius 2 is 1.45 bits per heavy atom. The Bertz CT molecular complexity index is 767. The molecule has 0 aliphatic heterocycles. The Hall–Kier alpha value is -1.19. The van der Waals surface area contributed by atoms with Crippen LogP contribution < -0.4 is 0 Å². The van der Waals surface area contributed by atoms with Gasteiger partial charge < -0.3 is 10.2 Å². The number of rotatable bonds is 10. The summed E-state index contributed by atoms with van der Waals surface area (Å²) in [5.41, 5.74) is 2.99. The average molecular weight is 459 g/mol. The fraction of sp³-hybridized carbons (Fsp3) is 0.767. The van der Waals surface area contributed by atoms with Crippen molar-refractivity contribution in [1.29, 1.82) is 0 Å². The molecule has 0 heterocycles. The maximum absolute atomic E-state index is 12.6. The van der Waals surface area contributed by atoms with Crippen LogP contribution in [0.25, 0.3) is 0 Å². The van der Waals surface area contributed by atoms with E-state index in [0.717, 1.165) is 63.4 Å². The van der Waals surface area contributed by atoms with Crippen LogP contribution in [0.2, 0.25) is 0 Å². The van der Waals surface area contributed by atoms with E-state index >= 15 is 0 Å². The summed E-state index contributed by atoms with van der Waals surface area (Å²) >= 11 is 0. The van der Waals surface area contributed by atoms with Gasteiger partial charge in [0.25, 0.3) is 0 Å². The van der Waals surface area contributed by atoms with Gasteiger partial charge in [0.15, 0.2) is 0 Å². The van der Waals surface area contributed by atoms with Gasteiger partial charge in [0.05, 0.1) is 12.2 Å². The van der Waals surface area contributed by atoms with Crippen molar-refractivity contribution in [3.8, 4) is 0 Å². The first-order valence-electron chi connectivity index (χ1n) is 13.2. The van der Waals surface area contributed by atoms with Gasteiger partial charge in [0.2, 0.25) is 0 Å². The lowest BCUT2D eigenvalue weighted by molar-refractivity contribution is -0.177. The summed E-state index contributed by atoms with van der Waals surface area (Å²) in [7, 11) is 0. The molecule has 3 heteroatoms. The number of Topliss-reactive ketones (excluding diaryl/α,β-unsaturated/α-hetero) is 1. The minimum atomic E-state index is -0.647. The molecule has 2 fully saturated rings. The van der Waals surface area contributed by atoms with Crippen molar-refractivity contribution < 1.29 is 15.0 Å². The van der Waals surface area contributed by atoms with E-state index in [1.807, 2.05) is 13.8 Å². The molecule has 4 atom stereocenters. The molecular formula is C30H50O3. The topological polar surface area (TPSA) is 57.5 Å². The van der Waals surface area contributed by atoms with Crippen LogP contribution in [-0.2, 0) is 4.79 Å². The number of aliphatic hydroxyl groups excluding tert-OH is 1. The normalized spacial score (nSPS) is 33.2. The highest BCUT2D eigenvalue weighted by atomic mass is 16.3. The Kier molecular flexibility index (Phi) is 9.77. The SMILES string of the molecule is C/C(=C\CC/C(C)=C/CC/C(C)=C/CCC1[C@](C)(O)CC[C@H]2C(C)(C)C(=O)CC[C@]12C)CO. The zero-order chi connectivity index (χ0) is 24.9. The summed E-state index contributed by atoms with van der Waals surface area (Å²) in [6.45, 7) is 15.2. The highest BCUT2D eigenvalue weighted by molar-refractivity contribution is 5.85. The van der Waals surface area contributed by atoms with Gasteiger partial charge >= 0.3 is 0 Å². The van der Waals surface area contributed by atoms with E-state index < -0.39 is 5.60 Å². The van der Waals surface area contributed by atoms with Crippen LogP contribution in [-0.4, -0.2) is 28.2 Å². The molecular weight excluding hydrogens is 408 g/mol. The van der Waals surface area contributed by atoms with Crippen LogP contribution in [0, 0.1) is 22.7 Å². The first-order valence-corrected chi connectivity index (χ1v) is 13.2. The zero-order valence-corrected chi connectivity index (χ0v) is 22.5. The summed E-state index contributed by atoms with van der Waals surface area (Å²) in [5, 5.41) is 20.4. The Labute approximate surface area is 203 Å². The van der Waals surface area contributed by atoms with Crippen molar-refractivity contribution >= 4 is 5.78 Å². The largest absolute Gasteiger partial charge is 0.392 e. The van der Waals surface area contributed by atoms with Crippen LogP contribution in [0.4, 0.5) is 0 Å². The van der Waals surface area contributed by atoms with Crippen LogP contribution in [0.15, 0.2) is 34.9 Å². The van der Waals surface area contributed by atoms with Crippen LogP contribution in [0.3, 0.4) is 0 Å². The lowest BCUT2D eigenvalue weighted by Gasteiger charge is -2.60. The van der Waals surface area contributed by atoms with Crippen LogP contribution in [0.1, 0.15) is 113 Å². The molecule has 33 heavy (non-hydrogen) atoms. The third kappa shape index (κ3) is 6.92. The zero-order valence-electron chi connectivity index (χ0n) is 22.5. The molecule has 2 N–H and O–H groups in total. The molecule has 0 radical (unpaired) electrons. The number of hydrogen-bond donors (Lipinski definition) is 2. The van der Waals surface area contributed by atoms with Gasteiger partial charge in [-0.15, -0.1) is 0 Å². The monoisotopic (exact) mass is 458 g/mol. The van der Waals surface area contributed by atoms with E-state index in [2.05, 4.69) is 52.8 Å². The summed E-state index contributed by atoms with van der Waals surface area (Å²) in [6, 6.07) is 0. The second-order valence-electron chi connectivity index (χ2n) is 12.1. The molecule has 0 aromatic carbocycles. The van der Waals surface area contributed by atoms with Gasteiger partial charge in [-0.3, -0.25) is 4.79 Å². The van der Waals surface area contributed by atoms with E-state index in [-0.39, 0.29) is 23.4 Å². The first kappa shape index (κ1) is 28.1. The summed E-state index contributed by atoms with van der Waals surface area (Å²) in [5.74, 6) is 1.01. The van der Waals surface area contributed by atoms with E-state index in [1.165, 1.54) is 11.1 Å². The third-order valence-corrected chi connectivity index (χ3v) is 9.02. The van der Waals surface area contributed by atoms with Gasteiger partial charge in [-0.2, -0.15) is 0 Å². The van der Waals surface area contributed by atoms with Crippen LogP contribution in [0.5, 0.6) is 0 Å². The Balaban J connectivity index is 1.93. The number of carbonyl (C=O) groups is 1. The maximum Gasteiger partial charge on any atom is 0.138 e. The van der Waals surface area contributed by atoms with Crippen molar-refractivity contribution in [2.75, 3.05) is 6.61 Å². The number of carbonyl (C=O) groups excluding carboxylic acids is 1. The fourth-order valence-electron chi connectivity index (χ4n) is 6.82. The minimum absolute atomic E-state index is 0.0313. The van der Waals surface area contributed by atoms with E-state index in [9.17, 15) is 9.90 Å². The molecule has 3 nitrogen and oxygen atoms in total. The smallest absolute Gasteiger partial charge is 0.138 e. The number of hydrogen-bond acceptors (Lipinski definition) is 3. The third-order valence-electron chi connectivity index (χ3n) is 9.02. The Morgan fingerprint density at radius 3 is 2.03 bits per heavy atom. The Morgan fingerprint density at radius 1 is 0.909 bits per heavy atom. The molecule has 1 unspecified atom stereocenters. The highest BCUT2D eigenvalue weighted by Crippen LogP contribution is 2.62.